The van der Waals surface area contributed by atoms with E-state index in [4.69, 9.17) is 23.2 Å². The Bertz CT molecular complexity index is 314. The lowest BCUT2D eigenvalue weighted by Crippen LogP contribution is -2.05. The van der Waals surface area contributed by atoms with Crippen LogP contribution in [0.25, 0.3) is 0 Å². The molecule has 0 aliphatic heterocycles. The van der Waals surface area contributed by atoms with Crippen LogP contribution in [0, 0.1) is 0 Å². The Morgan fingerprint density at radius 1 is 1.58 bits per heavy atom. The smallest absolute Gasteiger partial charge is 0.221 e. The number of halogens is 2. The standard InChI is InChI=1S/C7H6Cl2N2O/c1-4(12)11-5-2-6(8)7(9)10-3-5/h2-3H,1H3,(H,11,12). The lowest BCUT2D eigenvalue weighted by Gasteiger charge is -2.01. The third-order valence-electron chi connectivity index (χ3n) is 1.12. The summed E-state index contributed by atoms with van der Waals surface area (Å²) in [7, 11) is 0. The molecule has 5 heteroatoms. The predicted molar refractivity (Wildman–Crippen MR) is 48.6 cm³/mol. The fourth-order valence-corrected chi connectivity index (χ4v) is 0.963. The molecule has 0 aliphatic carbocycles. The highest BCUT2D eigenvalue weighted by molar-refractivity contribution is 6.41. The van der Waals surface area contributed by atoms with Crippen LogP contribution in [0.4, 0.5) is 5.69 Å². The van der Waals surface area contributed by atoms with Gasteiger partial charge < -0.3 is 5.32 Å². The molecule has 0 unspecified atom stereocenters. The summed E-state index contributed by atoms with van der Waals surface area (Å²) in [5.41, 5.74) is 0.539. The van der Waals surface area contributed by atoms with E-state index in [2.05, 4.69) is 10.3 Å². The zero-order valence-corrected chi connectivity index (χ0v) is 7.78. The number of rotatable bonds is 1. The number of hydrogen-bond acceptors (Lipinski definition) is 2. The summed E-state index contributed by atoms with van der Waals surface area (Å²) in [5, 5.41) is 3.08. The Kier molecular flexibility index (Phi) is 2.89. The van der Waals surface area contributed by atoms with Crippen LogP contribution in [0.2, 0.25) is 10.2 Å². The van der Waals surface area contributed by atoms with Crippen molar-refractivity contribution in [1.29, 1.82) is 0 Å². The molecule has 1 aromatic heterocycles. The van der Waals surface area contributed by atoms with E-state index in [1.165, 1.54) is 19.2 Å². The zero-order valence-electron chi connectivity index (χ0n) is 6.27. The van der Waals surface area contributed by atoms with Crippen molar-refractivity contribution in [3.05, 3.63) is 22.4 Å². The van der Waals surface area contributed by atoms with Crippen molar-refractivity contribution in [3.63, 3.8) is 0 Å². The van der Waals surface area contributed by atoms with Gasteiger partial charge in [0.2, 0.25) is 5.91 Å². The summed E-state index contributed by atoms with van der Waals surface area (Å²) in [6.45, 7) is 1.41. The molecule has 1 N–H and O–H groups in total. The number of pyridine rings is 1. The number of nitrogens with one attached hydrogen (secondary N) is 1. The van der Waals surface area contributed by atoms with Crippen LogP contribution in [-0.4, -0.2) is 10.9 Å². The highest BCUT2D eigenvalue weighted by Gasteiger charge is 2.01. The molecule has 1 rings (SSSR count). The molecule has 0 fully saturated rings. The van der Waals surface area contributed by atoms with Crippen molar-refractivity contribution in [2.75, 3.05) is 5.32 Å². The van der Waals surface area contributed by atoms with E-state index >= 15 is 0 Å². The molecule has 1 aromatic rings. The molecule has 12 heavy (non-hydrogen) atoms. The summed E-state index contributed by atoms with van der Waals surface area (Å²) < 4.78 is 0. The average molecular weight is 205 g/mol. The van der Waals surface area contributed by atoms with E-state index < -0.39 is 0 Å². The summed E-state index contributed by atoms with van der Waals surface area (Å²) in [4.78, 5) is 14.3. The maximum atomic E-state index is 10.6. The van der Waals surface area contributed by atoms with Gasteiger partial charge in [0.1, 0.15) is 5.15 Å². The first-order valence-electron chi connectivity index (χ1n) is 3.18. The third kappa shape index (κ3) is 2.36. The van der Waals surface area contributed by atoms with Crippen LogP contribution in [0.15, 0.2) is 12.3 Å². The normalized spacial score (nSPS) is 9.58. The number of anilines is 1. The van der Waals surface area contributed by atoms with Crippen molar-refractivity contribution in [2.45, 2.75) is 6.92 Å². The van der Waals surface area contributed by atoms with Gasteiger partial charge in [-0.15, -0.1) is 0 Å². The third-order valence-corrected chi connectivity index (χ3v) is 1.80. The second-order valence-electron chi connectivity index (χ2n) is 2.18. The van der Waals surface area contributed by atoms with Gasteiger partial charge in [0.05, 0.1) is 16.9 Å². The zero-order chi connectivity index (χ0) is 9.14. The van der Waals surface area contributed by atoms with E-state index in [0.29, 0.717) is 10.7 Å². The molecule has 3 nitrogen and oxygen atoms in total. The van der Waals surface area contributed by atoms with E-state index in [9.17, 15) is 4.79 Å². The second kappa shape index (κ2) is 3.74. The van der Waals surface area contributed by atoms with Crippen LogP contribution in [0.1, 0.15) is 6.92 Å². The van der Waals surface area contributed by atoms with Gasteiger partial charge in [0.15, 0.2) is 0 Å². The molecule has 0 spiro atoms. The summed E-state index contributed by atoms with van der Waals surface area (Å²) >= 11 is 11.2. The first-order chi connectivity index (χ1) is 5.59. The monoisotopic (exact) mass is 204 g/mol. The van der Waals surface area contributed by atoms with Gasteiger partial charge in [0, 0.05) is 6.92 Å². The predicted octanol–water partition coefficient (Wildman–Crippen LogP) is 2.35. The van der Waals surface area contributed by atoms with Gasteiger partial charge in [-0.1, -0.05) is 23.2 Å². The van der Waals surface area contributed by atoms with E-state index in [0.717, 1.165) is 0 Å². The maximum absolute atomic E-state index is 10.6. The lowest BCUT2D eigenvalue weighted by atomic mass is 10.4. The van der Waals surface area contributed by atoms with E-state index in [1.807, 2.05) is 0 Å². The molecule has 1 amide bonds. The fourth-order valence-electron chi connectivity index (χ4n) is 0.693. The molecule has 0 atom stereocenters. The van der Waals surface area contributed by atoms with E-state index in [1.54, 1.807) is 0 Å². The van der Waals surface area contributed by atoms with Gasteiger partial charge in [-0.05, 0) is 6.07 Å². The Hall–Kier alpha value is -0.800. The average Bonchev–Trinajstić information content (AvgIpc) is 1.96. The van der Waals surface area contributed by atoms with Gasteiger partial charge >= 0.3 is 0 Å². The highest BCUT2D eigenvalue weighted by Crippen LogP contribution is 2.21. The molecule has 0 saturated heterocycles. The number of nitrogens with zero attached hydrogens (tertiary/aromatic N) is 1. The van der Waals surface area contributed by atoms with Crippen LogP contribution >= 0.6 is 23.2 Å². The number of carbonyl (C=O) groups is 1. The highest BCUT2D eigenvalue weighted by atomic mass is 35.5. The first-order valence-corrected chi connectivity index (χ1v) is 3.94. The molecule has 1 heterocycles. The SMILES string of the molecule is CC(=O)Nc1cnc(Cl)c(Cl)c1. The second-order valence-corrected chi connectivity index (χ2v) is 2.94. The van der Waals surface area contributed by atoms with Gasteiger partial charge in [-0.2, -0.15) is 0 Å². The van der Waals surface area contributed by atoms with Crippen LogP contribution in [0.3, 0.4) is 0 Å². The number of aromatic nitrogens is 1. The summed E-state index contributed by atoms with van der Waals surface area (Å²) in [5.74, 6) is -0.171. The molecule has 0 aromatic carbocycles. The van der Waals surface area contributed by atoms with Crippen LogP contribution in [0.5, 0.6) is 0 Å². The summed E-state index contributed by atoms with van der Waals surface area (Å²) in [6, 6.07) is 1.54. The molecular formula is C7H6Cl2N2O. The van der Waals surface area contributed by atoms with Crippen LogP contribution < -0.4 is 5.32 Å². The van der Waals surface area contributed by atoms with Crippen LogP contribution in [-0.2, 0) is 4.79 Å². The number of amides is 1. The molecule has 0 bridgehead atoms. The minimum atomic E-state index is -0.171. The van der Waals surface area contributed by atoms with E-state index in [-0.39, 0.29) is 11.1 Å². The molecular weight excluding hydrogens is 199 g/mol. The van der Waals surface area contributed by atoms with Crippen molar-refractivity contribution in [3.8, 4) is 0 Å². The van der Waals surface area contributed by atoms with Gasteiger partial charge in [-0.25, -0.2) is 4.98 Å². The van der Waals surface area contributed by atoms with Crippen molar-refractivity contribution in [1.82, 2.24) is 4.98 Å². The topological polar surface area (TPSA) is 42.0 Å². The molecule has 64 valence electrons. The minimum absolute atomic E-state index is 0.171. The van der Waals surface area contributed by atoms with Crippen molar-refractivity contribution >= 4 is 34.8 Å². The van der Waals surface area contributed by atoms with Gasteiger partial charge in [-0.3, -0.25) is 4.79 Å². The minimum Gasteiger partial charge on any atom is -0.325 e. The Morgan fingerprint density at radius 3 is 2.75 bits per heavy atom. The Balaban J connectivity index is 2.89. The van der Waals surface area contributed by atoms with Crippen molar-refractivity contribution in [2.24, 2.45) is 0 Å². The number of carbonyl (C=O) groups excluding carboxylic acids is 1. The Labute approximate surface area is 79.7 Å². The quantitative estimate of drug-likeness (QED) is 0.715. The van der Waals surface area contributed by atoms with Gasteiger partial charge in [0.25, 0.3) is 0 Å². The molecule has 0 radical (unpaired) electrons. The molecule has 0 aliphatic rings. The molecule has 0 saturated carbocycles. The Morgan fingerprint density at radius 2 is 2.25 bits per heavy atom. The fraction of sp³-hybridized carbons (Fsp3) is 0.143. The van der Waals surface area contributed by atoms with Crippen molar-refractivity contribution < 1.29 is 4.79 Å². The first kappa shape index (κ1) is 9.29. The number of hydrogen-bond donors (Lipinski definition) is 1. The largest absolute Gasteiger partial charge is 0.325 e. The lowest BCUT2D eigenvalue weighted by molar-refractivity contribution is -0.114. The summed E-state index contributed by atoms with van der Waals surface area (Å²) in [6.07, 6.45) is 1.44. The maximum Gasteiger partial charge on any atom is 0.221 e.